The van der Waals surface area contributed by atoms with Crippen molar-refractivity contribution in [3.63, 3.8) is 0 Å². The van der Waals surface area contributed by atoms with Gasteiger partial charge in [-0.25, -0.2) is 0 Å². The van der Waals surface area contributed by atoms with E-state index in [0.717, 1.165) is 10.1 Å². The highest BCUT2D eigenvalue weighted by Gasteiger charge is 2.19. The minimum Gasteiger partial charge on any atom is -0.364 e. The third-order valence-electron chi connectivity index (χ3n) is 2.76. The highest BCUT2D eigenvalue weighted by atomic mass is 32.2. The minimum atomic E-state index is -0.556. The van der Waals surface area contributed by atoms with Crippen LogP contribution in [-0.4, -0.2) is 21.6 Å². The number of aromatic nitrogens is 1. The molecule has 0 aliphatic rings. The van der Waals surface area contributed by atoms with Crippen LogP contribution in [0.4, 0.5) is 5.69 Å². The maximum Gasteiger partial charge on any atom is 0.267 e. The highest BCUT2D eigenvalue weighted by Crippen LogP contribution is 2.20. The topological polar surface area (TPSA) is 84.9 Å². The van der Waals surface area contributed by atoms with Gasteiger partial charge in [0.25, 0.3) is 11.1 Å². The number of nitrogens with two attached hydrogens (primary N) is 2. The summed E-state index contributed by atoms with van der Waals surface area (Å²) < 4.78 is 0. The van der Waals surface area contributed by atoms with Crippen molar-refractivity contribution in [3.8, 4) is 0 Å². The van der Waals surface area contributed by atoms with E-state index in [0.29, 0.717) is 5.69 Å². The summed E-state index contributed by atoms with van der Waals surface area (Å²) in [6.07, 6.45) is 1.54. The molecule has 0 radical (unpaired) electrons. The summed E-state index contributed by atoms with van der Waals surface area (Å²) in [5.74, 6) is -0.556. The summed E-state index contributed by atoms with van der Waals surface area (Å²) in [5.41, 5.74) is 6.14. The molecule has 5 nitrogen and oxygen atoms in total. The smallest absolute Gasteiger partial charge is 0.267 e. The van der Waals surface area contributed by atoms with Crippen LogP contribution in [0.3, 0.4) is 0 Å². The Kier molecular flexibility index (Phi) is 5.52. The van der Waals surface area contributed by atoms with Crippen LogP contribution in [0.25, 0.3) is 0 Å². The van der Waals surface area contributed by atoms with E-state index >= 15 is 0 Å². The predicted octanol–water partition coefficient (Wildman–Crippen LogP) is 2.32. The lowest BCUT2D eigenvalue weighted by atomic mass is 10.1. The van der Waals surface area contributed by atoms with Gasteiger partial charge in [0.15, 0.2) is 0 Å². The van der Waals surface area contributed by atoms with Crippen molar-refractivity contribution in [1.29, 1.82) is 0 Å². The number of amides is 1. The highest BCUT2D eigenvalue weighted by molar-refractivity contribution is 8.13. The van der Waals surface area contributed by atoms with E-state index in [1.165, 1.54) is 0 Å². The molecule has 0 spiro atoms. The minimum absolute atomic E-state index is 0.0137. The summed E-state index contributed by atoms with van der Waals surface area (Å²) in [6.45, 7) is 6.36. The first kappa shape index (κ1) is 17.2. The van der Waals surface area contributed by atoms with Crippen LogP contribution in [-0.2, 0) is 0 Å². The average molecular weight is 329 g/mol. The molecule has 1 amide bonds. The Hall–Kier alpha value is -2.18. The van der Waals surface area contributed by atoms with E-state index in [9.17, 15) is 4.79 Å². The fourth-order valence-corrected chi connectivity index (χ4v) is 2.91. The first-order valence-corrected chi connectivity index (χ1v) is 8.08. The molecule has 6 heteroatoms. The van der Waals surface area contributed by atoms with Crippen LogP contribution in [0.5, 0.6) is 0 Å². The second kappa shape index (κ2) is 7.39. The summed E-state index contributed by atoms with van der Waals surface area (Å²) in [7, 11) is 0. The number of benzene rings is 1. The molecule has 0 saturated heterocycles. The number of aliphatic imine (C=N–C) groups is 1. The van der Waals surface area contributed by atoms with Crippen molar-refractivity contribution in [3.05, 3.63) is 54.4 Å². The molecule has 0 bridgehead atoms. The molecule has 0 aliphatic heterocycles. The van der Waals surface area contributed by atoms with E-state index < -0.39 is 5.91 Å². The van der Waals surface area contributed by atoms with Gasteiger partial charge in [0.1, 0.15) is 5.69 Å². The molecule has 0 atom stereocenters. The van der Waals surface area contributed by atoms with E-state index in [1.807, 2.05) is 30.3 Å². The average Bonchev–Trinajstić information content (AvgIpc) is 2.46. The maximum atomic E-state index is 11.3. The molecule has 2 aromatic rings. The van der Waals surface area contributed by atoms with Gasteiger partial charge in [-0.05, 0) is 56.8 Å². The van der Waals surface area contributed by atoms with Crippen molar-refractivity contribution >= 4 is 28.5 Å². The first-order valence-electron chi connectivity index (χ1n) is 7.27. The standard InChI is InChI=1S/C17H20N4OS/c1-17(2,3)21-16(23-13-7-5-4-6-8-13)20-12-9-10-19-14(11-12)15(18)22/h4-11H,1-3H3,(H2,18,22)(H,19,20,21)/p+1. The predicted molar refractivity (Wildman–Crippen MR) is 93.8 cm³/mol. The van der Waals surface area contributed by atoms with Crippen LogP contribution in [0.15, 0.2) is 58.5 Å². The van der Waals surface area contributed by atoms with E-state index in [4.69, 9.17) is 5.73 Å². The maximum absolute atomic E-state index is 11.3. The van der Waals surface area contributed by atoms with Gasteiger partial charge in [-0.2, -0.15) is 4.99 Å². The van der Waals surface area contributed by atoms with Crippen LogP contribution >= 0.6 is 11.8 Å². The van der Waals surface area contributed by atoms with Crippen molar-refractivity contribution in [2.24, 2.45) is 10.7 Å². The quantitative estimate of drug-likeness (QED) is 0.515. The molecule has 1 aromatic heterocycles. The SMILES string of the molecule is CC(C)(C)[NH2+]C(=Nc1ccnc(C(N)=O)c1)Sc1ccccc1. The Bertz CT molecular complexity index is 708. The number of primary amides is 1. The van der Waals surface area contributed by atoms with E-state index in [-0.39, 0.29) is 11.2 Å². The lowest BCUT2D eigenvalue weighted by Crippen LogP contribution is -2.96. The molecule has 23 heavy (non-hydrogen) atoms. The Labute approximate surface area is 140 Å². The summed E-state index contributed by atoms with van der Waals surface area (Å²) in [5, 5.41) is 2.97. The van der Waals surface area contributed by atoms with E-state index in [2.05, 4.69) is 36.1 Å². The van der Waals surface area contributed by atoms with Crippen LogP contribution in [0.1, 0.15) is 31.3 Å². The first-order chi connectivity index (χ1) is 10.8. The number of carbonyl (C=O) groups is 1. The van der Waals surface area contributed by atoms with Gasteiger partial charge in [-0.3, -0.25) is 15.1 Å². The number of hydrogen-bond acceptors (Lipinski definition) is 4. The van der Waals surface area contributed by atoms with E-state index in [1.54, 1.807) is 30.1 Å². The van der Waals surface area contributed by atoms with Crippen molar-refractivity contribution in [2.75, 3.05) is 0 Å². The zero-order valence-corrected chi connectivity index (χ0v) is 14.3. The Morgan fingerprint density at radius 3 is 2.52 bits per heavy atom. The zero-order valence-electron chi connectivity index (χ0n) is 13.5. The van der Waals surface area contributed by atoms with Gasteiger partial charge >= 0.3 is 0 Å². The number of rotatable bonds is 3. The summed E-state index contributed by atoms with van der Waals surface area (Å²) in [4.78, 5) is 21.0. The number of amidine groups is 1. The molecule has 0 fully saturated rings. The molecule has 2 rings (SSSR count). The Morgan fingerprint density at radius 2 is 1.91 bits per heavy atom. The fourth-order valence-electron chi connectivity index (χ4n) is 1.82. The van der Waals surface area contributed by atoms with Crippen molar-refractivity contribution < 1.29 is 10.1 Å². The molecule has 0 unspecified atom stereocenters. The summed E-state index contributed by atoms with van der Waals surface area (Å²) in [6, 6.07) is 13.4. The van der Waals surface area contributed by atoms with Crippen molar-refractivity contribution in [2.45, 2.75) is 31.2 Å². The van der Waals surface area contributed by atoms with Gasteiger partial charge in [-0.1, -0.05) is 18.2 Å². The Morgan fingerprint density at radius 1 is 1.22 bits per heavy atom. The molecule has 120 valence electrons. The molecule has 4 N–H and O–H groups in total. The number of pyridine rings is 1. The Balaban J connectivity index is 2.32. The van der Waals surface area contributed by atoms with Gasteiger partial charge in [0.2, 0.25) is 0 Å². The van der Waals surface area contributed by atoms with Crippen molar-refractivity contribution in [1.82, 2.24) is 4.98 Å². The molecule has 1 aromatic carbocycles. The lowest BCUT2D eigenvalue weighted by Gasteiger charge is -2.17. The van der Waals surface area contributed by atoms with Gasteiger partial charge in [-0.15, -0.1) is 0 Å². The number of quaternary nitrogens is 1. The zero-order chi connectivity index (χ0) is 16.9. The number of thioether (sulfide) groups is 1. The molecular formula is C17H21N4OS+. The third kappa shape index (κ3) is 5.84. The lowest BCUT2D eigenvalue weighted by molar-refractivity contribution is -0.608. The third-order valence-corrected chi connectivity index (χ3v) is 3.68. The van der Waals surface area contributed by atoms with Gasteiger partial charge in [0, 0.05) is 11.1 Å². The second-order valence-corrected chi connectivity index (χ2v) is 7.23. The van der Waals surface area contributed by atoms with Crippen LogP contribution in [0.2, 0.25) is 0 Å². The normalized spacial score (nSPS) is 12.2. The van der Waals surface area contributed by atoms with Gasteiger partial charge in [0.05, 0.1) is 11.2 Å². The van der Waals surface area contributed by atoms with Crippen LogP contribution < -0.4 is 11.1 Å². The number of hydrogen-bond donors (Lipinski definition) is 2. The van der Waals surface area contributed by atoms with Crippen LogP contribution in [0, 0.1) is 0 Å². The summed E-state index contributed by atoms with van der Waals surface area (Å²) >= 11 is 1.58. The molecule has 0 saturated carbocycles. The van der Waals surface area contributed by atoms with Gasteiger partial charge < -0.3 is 5.73 Å². The monoisotopic (exact) mass is 329 g/mol. The number of nitrogens with zero attached hydrogens (tertiary/aromatic N) is 2. The molecule has 1 heterocycles. The second-order valence-electron chi connectivity index (χ2n) is 6.14. The molecule has 0 aliphatic carbocycles. The fraction of sp³-hybridized carbons (Fsp3) is 0.235. The number of carbonyl (C=O) groups excluding carboxylic acids is 1. The molecular weight excluding hydrogens is 308 g/mol. The largest absolute Gasteiger partial charge is 0.364 e.